The van der Waals surface area contributed by atoms with Gasteiger partial charge in [-0.1, -0.05) is 49.7 Å². The molecule has 3 aromatic heterocycles. The number of nitrogens with one attached hydrogen (secondary N) is 11. The minimum absolute atomic E-state index is 0.0658. The van der Waals surface area contributed by atoms with E-state index in [-0.39, 0.29) is 61.3 Å². The largest absolute Gasteiger partial charge is 0.508 e. The Morgan fingerprint density at radius 2 is 1.25 bits per heavy atom. The van der Waals surface area contributed by atoms with E-state index in [1.807, 2.05) is 37.9 Å². The Hall–Kier alpha value is -9.94. The van der Waals surface area contributed by atoms with Crippen molar-refractivity contribution >= 4 is 111 Å². The number of benzene rings is 4. The monoisotopic (exact) mass is 1400 g/mol. The number of aliphatic carboxylic acids is 1. The number of carbonyl (C=O) groups excluding carboxylic acids is 9. The van der Waals surface area contributed by atoms with Crippen LogP contribution in [0.5, 0.6) is 5.75 Å². The van der Waals surface area contributed by atoms with Gasteiger partial charge in [0, 0.05) is 121 Å². The Balaban J connectivity index is 1.00. The molecular formula is C69H82F2N14O12S2. The Bertz CT molecular complexity index is 4000. The first kappa shape index (κ1) is 74.8. The number of hydrogen-bond donors (Lipinski definition) is 13. The molecule has 0 aliphatic carbocycles. The number of aromatic hydroxyl groups is 1. The van der Waals surface area contributed by atoms with E-state index in [1.54, 1.807) is 30.8 Å². The molecule has 26 nitrogen and oxygen atoms in total. The second-order valence-electron chi connectivity index (χ2n) is 24.3. The van der Waals surface area contributed by atoms with Crippen LogP contribution in [-0.2, 0) is 85.1 Å². The van der Waals surface area contributed by atoms with Crippen molar-refractivity contribution in [3.05, 3.63) is 155 Å². The van der Waals surface area contributed by atoms with Gasteiger partial charge in [-0.2, -0.15) is 23.5 Å². The molecule has 30 heteroatoms. The molecule has 526 valence electrons. The zero-order chi connectivity index (χ0) is 71.0. The van der Waals surface area contributed by atoms with Crippen molar-refractivity contribution in [2.24, 2.45) is 4.99 Å². The molecule has 0 bridgehead atoms. The third kappa shape index (κ3) is 22.0. The number of carbonyl (C=O) groups is 10. The van der Waals surface area contributed by atoms with Crippen LogP contribution in [0.1, 0.15) is 85.9 Å². The first-order valence-corrected chi connectivity index (χ1v) is 34.7. The summed E-state index contributed by atoms with van der Waals surface area (Å²) in [6, 6.07) is 12.5. The molecule has 8 rings (SSSR count). The summed E-state index contributed by atoms with van der Waals surface area (Å²) in [5.41, 5.74) is 3.59. The average molecular weight is 1400 g/mol. The van der Waals surface area contributed by atoms with Crippen LogP contribution in [0.4, 0.5) is 8.78 Å². The van der Waals surface area contributed by atoms with E-state index in [9.17, 15) is 62.1 Å². The van der Waals surface area contributed by atoms with E-state index in [0.717, 1.165) is 23.6 Å². The summed E-state index contributed by atoms with van der Waals surface area (Å²) in [5.74, 6) is -6.80. The number of H-pyrrole nitrogens is 3. The number of likely N-dealkylation sites (tertiary alicyclic amines) is 1. The van der Waals surface area contributed by atoms with E-state index in [1.165, 1.54) is 90.1 Å². The number of imidazole rings is 1. The van der Waals surface area contributed by atoms with Crippen LogP contribution in [-0.4, -0.2) is 181 Å². The van der Waals surface area contributed by atoms with E-state index < -0.39 is 120 Å². The first-order valence-electron chi connectivity index (χ1n) is 32.4. The van der Waals surface area contributed by atoms with Crippen LogP contribution < -0.4 is 42.5 Å². The van der Waals surface area contributed by atoms with Gasteiger partial charge in [0.05, 0.1) is 24.8 Å². The van der Waals surface area contributed by atoms with Crippen molar-refractivity contribution in [2.75, 3.05) is 38.2 Å². The van der Waals surface area contributed by atoms with Gasteiger partial charge in [-0.05, 0) is 110 Å². The number of aromatic nitrogens is 4. The molecule has 99 heavy (non-hydrogen) atoms. The Labute approximate surface area is 578 Å². The second kappa shape index (κ2) is 36.6. The van der Waals surface area contributed by atoms with Crippen LogP contribution in [0, 0.1) is 11.6 Å². The summed E-state index contributed by atoms with van der Waals surface area (Å²) < 4.78 is 29.8. The molecule has 13 N–H and O–H groups in total. The Kier molecular flexibility index (Phi) is 27.7. The second-order valence-corrected chi connectivity index (χ2v) is 26.5. The number of fused-ring (bicyclic) bond motifs is 2. The van der Waals surface area contributed by atoms with Crippen molar-refractivity contribution in [3.63, 3.8) is 0 Å². The van der Waals surface area contributed by atoms with E-state index in [2.05, 4.69) is 79.6 Å². The molecule has 0 saturated carbocycles. The lowest BCUT2D eigenvalue weighted by atomic mass is 9.98. The van der Waals surface area contributed by atoms with Crippen molar-refractivity contribution < 1.29 is 66.9 Å². The van der Waals surface area contributed by atoms with E-state index in [4.69, 9.17) is 0 Å². The van der Waals surface area contributed by atoms with Crippen molar-refractivity contribution in [1.29, 1.82) is 0 Å². The van der Waals surface area contributed by atoms with Crippen LogP contribution in [0.25, 0.3) is 21.8 Å². The molecular weight excluding hydrogens is 1320 g/mol. The summed E-state index contributed by atoms with van der Waals surface area (Å²) in [5, 5.41) is 42.4. The van der Waals surface area contributed by atoms with Crippen LogP contribution in [0.15, 0.2) is 115 Å². The number of carboxylic acids is 1. The number of aromatic amines is 3. The maximum absolute atomic E-state index is 15.0. The quantitative estimate of drug-likeness (QED) is 0.0146. The summed E-state index contributed by atoms with van der Waals surface area (Å²) >= 11 is 3.41. The van der Waals surface area contributed by atoms with Gasteiger partial charge in [-0.25, -0.2) is 18.8 Å². The highest BCUT2D eigenvalue weighted by molar-refractivity contribution is 7.98. The molecule has 4 heterocycles. The maximum Gasteiger partial charge on any atom is 0.305 e. The van der Waals surface area contributed by atoms with Crippen molar-refractivity contribution in [2.45, 2.75) is 131 Å². The Morgan fingerprint density at radius 1 is 0.677 bits per heavy atom. The number of rotatable bonds is 38. The minimum atomic E-state index is -2.00. The van der Waals surface area contributed by atoms with Gasteiger partial charge >= 0.3 is 5.97 Å². The van der Waals surface area contributed by atoms with Crippen LogP contribution in [0.3, 0.4) is 0 Å². The normalized spacial score (nSPS) is 15.5. The van der Waals surface area contributed by atoms with Gasteiger partial charge in [0.2, 0.25) is 53.7 Å². The van der Waals surface area contributed by atoms with Gasteiger partial charge in [0.1, 0.15) is 53.6 Å². The maximum atomic E-state index is 15.0. The number of amides is 9. The molecule has 1 fully saturated rings. The third-order valence-electron chi connectivity index (χ3n) is 16.7. The molecule has 0 unspecified atom stereocenters. The average Bonchev–Trinajstić information content (AvgIpc) is 1.73. The first-order chi connectivity index (χ1) is 47.6. The summed E-state index contributed by atoms with van der Waals surface area (Å²) in [4.78, 5) is 157. The molecule has 0 spiro atoms. The van der Waals surface area contributed by atoms with E-state index >= 15 is 4.79 Å². The summed E-state index contributed by atoms with van der Waals surface area (Å²) in [6.45, 7) is 3.96. The molecule has 1 aliphatic heterocycles. The molecule has 7 atom stereocenters. The van der Waals surface area contributed by atoms with Gasteiger partial charge < -0.3 is 72.6 Å². The molecule has 7 aromatic rings. The number of thioether (sulfide) groups is 2. The number of halogens is 2. The molecule has 1 saturated heterocycles. The summed E-state index contributed by atoms with van der Waals surface area (Å²) in [6.07, 6.45) is 6.71. The fourth-order valence-electron chi connectivity index (χ4n) is 11.6. The Morgan fingerprint density at radius 3 is 1.84 bits per heavy atom. The molecule has 0 radical (unpaired) electrons. The number of hydrogen-bond acceptors (Lipinski definition) is 15. The highest BCUT2D eigenvalue weighted by Crippen LogP contribution is 2.30. The minimum Gasteiger partial charge on any atom is -0.508 e. The standard InChI is InChI=1S/C69H82F2N14O12S2/c1-4-7-54(79-60(88)18-22-98-36-42-8-5-9-43(24-42)37-99-23-20-72-3)63(92)77-35-61(89)80-55(26-44-32-75-52-16-12-46(70)28-50(44)52)64(93)81-56(27-45-33-76-53-17-13-47(71)29-51(45)53)65(94)83-58(31-62(90)91)67(96)82-57(30-48-34-73-39-78-48)66(95)84-59(25-41-10-14-49(87)15-11-41)68(97)85-21-6-19-69(85,2)38-74-40-86/h5,8-17,24,28-29,32-34,38-40,54-59,72,75-76,87H,4,6-7,18-23,25-27,30-31,35-37H2,1-3H3,(H,73,78)(H,77,92)(H,79,88)(H,80,89)(H,81,93)(H,82,96)(H,83,94)(H,84,95)(H,90,91)/b74-38+/t54-,55-,56-,57-,58-,59-,69-/m0/s1. The van der Waals surface area contributed by atoms with E-state index in [0.29, 0.717) is 70.4 Å². The smallest absolute Gasteiger partial charge is 0.305 e. The SMILES string of the molecule is CCC[C@H](NC(=O)CCSCc1cccc(CSCCNC)c1)C(=O)NCC(=O)N[C@@H](Cc1c[nH]c2ccc(F)cc12)C(=O)N[C@@H](Cc1c[nH]c2ccc(F)cc12)C(=O)N[C@@H](CC(=O)O)C(=O)N[C@@H](Cc1cnc[nH]1)C(=O)N[C@@H](Cc1ccc(O)cc1)C(=O)N1CCC[C@@]1(C)/C=N/C=O. The predicted molar refractivity (Wildman–Crippen MR) is 371 cm³/mol. The topological polar surface area (TPSA) is 383 Å². The number of carboxylic acid groups (broad SMARTS) is 1. The molecule has 4 aromatic carbocycles. The van der Waals surface area contributed by atoms with Crippen molar-refractivity contribution in [1.82, 2.24) is 67.4 Å². The van der Waals surface area contributed by atoms with Gasteiger partial charge in [-0.3, -0.25) is 47.9 Å². The number of aliphatic imine (C=N–C) groups is 1. The third-order valence-corrected chi connectivity index (χ3v) is 18.8. The fourth-order valence-corrected chi connectivity index (χ4v) is 13.4. The lowest BCUT2D eigenvalue weighted by Crippen LogP contribution is -2.61. The zero-order valence-corrected chi connectivity index (χ0v) is 56.6. The fraction of sp³-hybridized carbons (Fsp3) is 0.391. The highest BCUT2D eigenvalue weighted by atomic mass is 32.2. The zero-order valence-electron chi connectivity index (χ0n) is 54.9. The lowest BCUT2D eigenvalue weighted by Gasteiger charge is -2.35. The number of phenolic OH excluding ortho intramolecular Hbond substituents is 1. The van der Waals surface area contributed by atoms with Crippen molar-refractivity contribution in [3.8, 4) is 5.75 Å². The molecule has 9 amide bonds. The number of phenols is 1. The van der Waals surface area contributed by atoms with Crippen LogP contribution in [0.2, 0.25) is 0 Å². The lowest BCUT2D eigenvalue weighted by molar-refractivity contribution is -0.142. The number of nitrogens with zero attached hydrogens (tertiary/aromatic N) is 3. The molecule has 1 aliphatic rings. The highest BCUT2D eigenvalue weighted by Gasteiger charge is 2.42. The van der Waals surface area contributed by atoms with Crippen LogP contribution >= 0.6 is 23.5 Å². The van der Waals surface area contributed by atoms with Gasteiger partial charge in [-0.15, -0.1) is 0 Å². The van der Waals surface area contributed by atoms with Gasteiger partial charge in [0.25, 0.3) is 0 Å². The summed E-state index contributed by atoms with van der Waals surface area (Å²) in [7, 11) is 1.92. The van der Waals surface area contributed by atoms with Gasteiger partial charge in [0.15, 0.2) is 0 Å². The predicted octanol–water partition coefficient (Wildman–Crippen LogP) is 4.31.